The lowest BCUT2D eigenvalue weighted by Crippen LogP contribution is -2.21. The Kier molecular flexibility index (Phi) is 4.34. The van der Waals surface area contributed by atoms with Gasteiger partial charge in [-0.2, -0.15) is 5.10 Å². The van der Waals surface area contributed by atoms with Crippen molar-refractivity contribution >= 4 is 12.2 Å². The lowest BCUT2D eigenvalue weighted by atomic mass is 10.0. The van der Waals surface area contributed by atoms with E-state index in [2.05, 4.69) is 10.2 Å². The summed E-state index contributed by atoms with van der Waals surface area (Å²) in [5.74, 6) is 0.735. The second kappa shape index (κ2) is 6.38. The van der Waals surface area contributed by atoms with Gasteiger partial charge in [0.2, 0.25) is 5.96 Å². The fraction of sp³-hybridized carbons (Fsp3) is 0.0667. The van der Waals surface area contributed by atoms with E-state index < -0.39 is 0 Å². The Bertz CT molecular complexity index is 646. The molecular formula is C15H16N4O. The van der Waals surface area contributed by atoms with Crippen molar-refractivity contribution in [3.05, 3.63) is 54.1 Å². The molecule has 0 saturated heterocycles. The molecule has 0 aromatic heterocycles. The molecule has 0 aliphatic heterocycles. The minimum atomic E-state index is -0.0693. The lowest BCUT2D eigenvalue weighted by Gasteiger charge is -2.07. The summed E-state index contributed by atoms with van der Waals surface area (Å²) in [5, 5.41) is 7.46. The van der Waals surface area contributed by atoms with Crippen molar-refractivity contribution in [3.63, 3.8) is 0 Å². The number of ether oxygens (including phenoxy) is 1. The summed E-state index contributed by atoms with van der Waals surface area (Å²) >= 11 is 0. The van der Waals surface area contributed by atoms with E-state index in [1.54, 1.807) is 13.3 Å². The Hall–Kier alpha value is -2.82. The van der Waals surface area contributed by atoms with Crippen molar-refractivity contribution in [2.45, 2.75) is 0 Å². The van der Waals surface area contributed by atoms with Crippen LogP contribution in [0.2, 0.25) is 0 Å². The van der Waals surface area contributed by atoms with Crippen LogP contribution in [-0.4, -0.2) is 19.3 Å². The number of methoxy groups -OCH3 is 1. The molecule has 4 N–H and O–H groups in total. The molecule has 5 heteroatoms. The maximum Gasteiger partial charge on any atom is 0.211 e. The molecule has 0 amide bonds. The van der Waals surface area contributed by atoms with Crippen LogP contribution in [0, 0.1) is 0 Å². The number of benzene rings is 2. The number of nitrogens with zero attached hydrogens (tertiary/aromatic N) is 2. The van der Waals surface area contributed by atoms with E-state index in [1.807, 2.05) is 48.5 Å². The first-order valence-electron chi connectivity index (χ1n) is 6.06. The first kappa shape index (κ1) is 13.6. The molecule has 0 unspecified atom stereocenters. The van der Waals surface area contributed by atoms with Crippen LogP contribution in [0.4, 0.5) is 0 Å². The SMILES string of the molecule is COc1cccc(-c2ccccc2C=NN=C(N)N)c1. The van der Waals surface area contributed by atoms with E-state index in [-0.39, 0.29) is 5.96 Å². The van der Waals surface area contributed by atoms with E-state index in [4.69, 9.17) is 16.2 Å². The Labute approximate surface area is 117 Å². The Morgan fingerprint density at radius 3 is 2.65 bits per heavy atom. The van der Waals surface area contributed by atoms with Crippen LogP contribution in [0.5, 0.6) is 5.75 Å². The number of hydrogen-bond acceptors (Lipinski definition) is 3. The predicted octanol–water partition coefficient (Wildman–Crippen LogP) is 1.97. The molecule has 0 fully saturated rings. The molecule has 0 aliphatic carbocycles. The van der Waals surface area contributed by atoms with Crippen molar-refractivity contribution in [2.75, 3.05) is 7.11 Å². The summed E-state index contributed by atoms with van der Waals surface area (Å²) in [6, 6.07) is 15.7. The van der Waals surface area contributed by atoms with Crippen LogP contribution in [-0.2, 0) is 0 Å². The number of nitrogens with two attached hydrogens (primary N) is 2. The van der Waals surface area contributed by atoms with Gasteiger partial charge in [0.05, 0.1) is 13.3 Å². The van der Waals surface area contributed by atoms with E-state index in [0.29, 0.717) is 0 Å². The fourth-order valence-corrected chi connectivity index (χ4v) is 1.82. The van der Waals surface area contributed by atoms with Gasteiger partial charge in [-0.15, -0.1) is 5.10 Å². The monoisotopic (exact) mass is 268 g/mol. The van der Waals surface area contributed by atoms with Gasteiger partial charge in [0.15, 0.2) is 0 Å². The van der Waals surface area contributed by atoms with Gasteiger partial charge < -0.3 is 16.2 Å². The highest BCUT2D eigenvalue weighted by molar-refractivity contribution is 5.91. The molecule has 0 spiro atoms. The van der Waals surface area contributed by atoms with Crippen LogP contribution in [0.25, 0.3) is 11.1 Å². The molecular weight excluding hydrogens is 252 g/mol. The highest BCUT2D eigenvalue weighted by atomic mass is 16.5. The normalized spacial score (nSPS) is 10.4. The van der Waals surface area contributed by atoms with Gasteiger partial charge in [0.25, 0.3) is 0 Å². The van der Waals surface area contributed by atoms with Gasteiger partial charge in [0, 0.05) is 5.56 Å². The summed E-state index contributed by atoms with van der Waals surface area (Å²) in [6.07, 6.45) is 1.62. The minimum Gasteiger partial charge on any atom is -0.497 e. The van der Waals surface area contributed by atoms with Crippen LogP contribution in [0.3, 0.4) is 0 Å². The number of guanidine groups is 1. The third-order valence-corrected chi connectivity index (χ3v) is 2.71. The maximum atomic E-state index is 5.24. The van der Waals surface area contributed by atoms with E-state index >= 15 is 0 Å². The largest absolute Gasteiger partial charge is 0.497 e. The van der Waals surface area contributed by atoms with Crippen molar-refractivity contribution in [1.82, 2.24) is 0 Å². The van der Waals surface area contributed by atoms with Crippen LogP contribution in [0.1, 0.15) is 5.56 Å². The number of rotatable bonds is 4. The Balaban J connectivity index is 2.41. The topological polar surface area (TPSA) is 86.0 Å². The van der Waals surface area contributed by atoms with Crippen molar-refractivity contribution in [2.24, 2.45) is 21.7 Å². The van der Waals surface area contributed by atoms with Gasteiger partial charge in [0.1, 0.15) is 5.75 Å². The molecule has 0 saturated carbocycles. The Morgan fingerprint density at radius 1 is 1.10 bits per heavy atom. The quantitative estimate of drug-likeness (QED) is 0.505. The zero-order valence-corrected chi connectivity index (χ0v) is 11.2. The highest BCUT2D eigenvalue weighted by Crippen LogP contribution is 2.26. The first-order chi connectivity index (χ1) is 9.70. The van der Waals surface area contributed by atoms with Crippen LogP contribution in [0.15, 0.2) is 58.7 Å². The molecule has 102 valence electrons. The standard InChI is InChI=1S/C15H16N4O/c1-20-13-7-4-6-11(9-13)14-8-3-2-5-12(14)10-18-19-15(16)17/h2-10H,1H3,(H4,16,17,19). The van der Waals surface area contributed by atoms with E-state index in [0.717, 1.165) is 22.4 Å². The van der Waals surface area contributed by atoms with Gasteiger partial charge in [-0.25, -0.2) is 0 Å². The van der Waals surface area contributed by atoms with Crippen molar-refractivity contribution in [3.8, 4) is 16.9 Å². The van der Waals surface area contributed by atoms with Crippen LogP contribution >= 0.6 is 0 Å². The number of hydrogen-bond donors (Lipinski definition) is 2. The fourth-order valence-electron chi connectivity index (χ4n) is 1.82. The predicted molar refractivity (Wildman–Crippen MR) is 81.8 cm³/mol. The minimum absolute atomic E-state index is 0.0693. The second-order valence-corrected chi connectivity index (χ2v) is 4.09. The van der Waals surface area contributed by atoms with E-state index in [9.17, 15) is 0 Å². The van der Waals surface area contributed by atoms with Crippen LogP contribution < -0.4 is 16.2 Å². The van der Waals surface area contributed by atoms with Gasteiger partial charge >= 0.3 is 0 Å². The summed E-state index contributed by atoms with van der Waals surface area (Å²) in [5.41, 5.74) is 13.5. The molecule has 2 aromatic carbocycles. The zero-order valence-electron chi connectivity index (χ0n) is 11.2. The second-order valence-electron chi connectivity index (χ2n) is 4.09. The molecule has 2 aromatic rings. The average molecular weight is 268 g/mol. The molecule has 0 bridgehead atoms. The smallest absolute Gasteiger partial charge is 0.211 e. The molecule has 0 radical (unpaired) electrons. The summed E-state index contributed by atoms with van der Waals surface area (Å²) < 4.78 is 5.24. The lowest BCUT2D eigenvalue weighted by molar-refractivity contribution is 0.415. The highest BCUT2D eigenvalue weighted by Gasteiger charge is 2.03. The molecule has 2 rings (SSSR count). The molecule has 0 aliphatic rings. The first-order valence-corrected chi connectivity index (χ1v) is 6.06. The van der Waals surface area contributed by atoms with Gasteiger partial charge in [-0.3, -0.25) is 0 Å². The summed E-state index contributed by atoms with van der Waals surface area (Å²) in [7, 11) is 1.64. The Morgan fingerprint density at radius 2 is 1.90 bits per heavy atom. The third kappa shape index (κ3) is 3.35. The molecule has 20 heavy (non-hydrogen) atoms. The zero-order chi connectivity index (χ0) is 14.4. The van der Waals surface area contributed by atoms with Crippen molar-refractivity contribution < 1.29 is 4.74 Å². The average Bonchev–Trinajstić information content (AvgIpc) is 2.47. The van der Waals surface area contributed by atoms with Crippen molar-refractivity contribution in [1.29, 1.82) is 0 Å². The van der Waals surface area contributed by atoms with Gasteiger partial charge in [-0.05, 0) is 23.3 Å². The summed E-state index contributed by atoms with van der Waals surface area (Å²) in [4.78, 5) is 0. The molecule has 0 heterocycles. The molecule has 0 atom stereocenters. The maximum absolute atomic E-state index is 5.24. The van der Waals surface area contributed by atoms with Gasteiger partial charge in [-0.1, -0.05) is 36.4 Å². The third-order valence-electron chi connectivity index (χ3n) is 2.71. The summed E-state index contributed by atoms with van der Waals surface area (Å²) in [6.45, 7) is 0. The molecule has 5 nitrogen and oxygen atoms in total. The van der Waals surface area contributed by atoms with E-state index in [1.165, 1.54) is 0 Å².